The molecule has 4 nitrogen and oxygen atoms in total. The van der Waals surface area contributed by atoms with Crippen LogP contribution in [0.4, 0.5) is 0 Å². The second kappa shape index (κ2) is 6.40. The number of nitrogens with one attached hydrogen (secondary N) is 1. The molecule has 0 aromatic heterocycles. The summed E-state index contributed by atoms with van der Waals surface area (Å²) in [6, 6.07) is 1.71. The van der Waals surface area contributed by atoms with Gasteiger partial charge in [-0.2, -0.15) is 5.26 Å². The fraction of sp³-hybridized carbons (Fsp3) is 0.846. The molecule has 0 aromatic carbocycles. The number of nitrogens with two attached hydrogens (primary N) is 1. The standard InChI is InChI=1S/C13H23N3O.ClH/c1-12(2,3)8-10(15)11(17)16-13(9-14)6-4-5-7-13;/h10H,4-8,15H2,1-3H3,(H,16,17);1H. The van der Waals surface area contributed by atoms with Crippen molar-refractivity contribution in [1.29, 1.82) is 5.26 Å². The largest absolute Gasteiger partial charge is 0.336 e. The van der Waals surface area contributed by atoms with Gasteiger partial charge in [0.2, 0.25) is 5.91 Å². The van der Waals surface area contributed by atoms with E-state index in [4.69, 9.17) is 5.73 Å². The Labute approximate surface area is 116 Å². The van der Waals surface area contributed by atoms with Crippen molar-refractivity contribution >= 4 is 18.3 Å². The minimum absolute atomic E-state index is 0. The lowest BCUT2D eigenvalue weighted by Crippen LogP contribution is -2.52. The Morgan fingerprint density at radius 1 is 1.44 bits per heavy atom. The van der Waals surface area contributed by atoms with E-state index >= 15 is 0 Å². The van der Waals surface area contributed by atoms with Gasteiger partial charge in [0, 0.05) is 0 Å². The van der Waals surface area contributed by atoms with Crippen molar-refractivity contribution in [1.82, 2.24) is 5.32 Å². The summed E-state index contributed by atoms with van der Waals surface area (Å²) in [5, 5.41) is 12.0. The monoisotopic (exact) mass is 273 g/mol. The number of hydrogen-bond acceptors (Lipinski definition) is 3. The normalized spacial score (nSPS) is 19.5. The molecule has 1 fully saturated rings. The summed E-state index contributed by atoms with van der Waals surface area (Å²) < 4.78 is 0. The third-order valence-electron chi connectivity index (χ3n) is 3.20. The molecule has 0 radical (unpaired) electrons. The molecule has 0 aromatic rings. The van der Waals surface area contributed by atoms with Crippen LogP contribution in [0.25, 0.3) is 0 Å². The summed E-state index contributed by atoms with van der Waals surface area (Å²) in [5.41, 5.74) is 5.23. The molecule has 104 valence electrons. The van der Waals surface area contributed by atoms with Gasteiger partial charge in [0.15, 0.2) is 0 Å². The van der Waals surface area contributed by atoms with Crippen LogP contribution in [-0.2, 0) is 4.79 Å². The van der Waals surface area contributed by atoms with E-state index in [9.17, 15) is 10.1 Å². The predicted octanol–water partition coefficient (Wildman–Crippen LogP) is 2.12. The maximum absolute atomic E-state index is 12.0. The van der Waals surface area contributed by atoms with Gasteiger partial charge < -0.3 is 11.1 Å². The predicted molar refractivity (Wildman–Crippen MR) is 74.3 cm³/mol. The Kier molecular flexibility index (Phi) is 6.12. The number of halogens is 1. The van der Waals surface area contributed by atoms with E-state index in [0.717, 1.165) is 25.7 Å². The van der Waals surface area contributed by atoms with E-state index in [0.29, 0.717) is 6.42 Å². The zero-order chi connectivity index (χ0) is 13.1. The summed E-state index contributed by atoms with van der Waals surface area (Å²) in [5.74, 6) is -0.191. The topological polar surface area (TPSA) is 78.9 Å². The number of nitriles is 1. The van der Waals surface area contributed by atoms with E-state index < -0.39 is 11.6 Å². The van der Waals surface area contributed by atoms with E-state index in [-0.39, 0.29) is 23.7 Å². The highest BCUT2D eigenvalue weighted by Gasteiger charge is 2.36. The van der Waals surface area contributed by atoms with Crippen LogP contribution < -0.4 is 11.1 Å². The minimum atomic E-state index is -0.660. The van der Waals surface area contributed by atoms with Gasteiger partial charge in [-0.25, -0.2) is 0 Å². The van der Waals surface area contributed by atoms with E-state index in [2.05, 4.69) is 32.2 Å². The molecule has 0 saturated heterocycles. The van der Waals surface area contributed by atoms with Crippen molar-refractivity contribution in [2.24, 2.45) is 11.1 Å². The second-order valence-corrected chi connectivity index (χ2v) is 6.26. The van der Waals surface area contributed by atoms with Crippen LogP contribution in [0.15, 0.2) is 0 Å². The first kappa shape index (κ1) is 17.2. The van der Waals surface area contributed by atoms with Crippen LogP contribution in [0.1, 0.15) is 52.9 Å². The number of amides is 1. The highest BCUT2D eigenvalue weighted by Crippen LogP contribution is 2.29. The Bertz CT molecular complexity index is 324. The number of hydrogen-bond donors (Lipinski definition) is 2. The van der Waals surface area contributed by atoms with Crippen molar-refractivity contribution in [3.05, 3.63) is 0 Å². The van der Waals surface area contributed by atoms with Gasteiger partial charge in [-0.15, -0.1) is 12.4 Å². The summed E-state index contributed by atoms with van der Waals surface area (Å²) in [6.45, 7) is 6.15. The van der Waals surface area contributed by atoms with Crippen molar-refractivity contribution in [2.75, 3.05) is 0 Å². The van der Waals surface area contributed by atoms with Crippen LogP contribution in [0.5, 0.6) is 0 Å². The molecule has 18 heavy (non-hydrogen) atoms. The highest BCUT2D eigenvalue weighted by molar-refractivity contribution is 5.85. The molecular formula is C13H24ClN3O. The molecule has 1 atom stereocenters. The molecule has 1 unspecified atom stereocenters. The molecular weight excluding hydrogens is 250 g/mol. The lowest BCUT2D eigenvalue weighted by Gasteiger charge is -2.27. The summed E-state index contributed by atoms with van der Waals surface area (Å²) in [6.07, 6.45) is 4.12. The average Bonchev–Trinajstić information content (AvgIpc) is 2.64. The van der Waals surface area contributed by atoms with E-state index in [1.165, 1.54) is 0 Å². The lowest BCUT2D eigenvalue weighted by atomic mass is 9.87. The van der Waals surface area contributed by atoms with Crippen molar-refractivity contribution in [2.45, 2.75) is 64.5 Å². The second-order valence-electron chi connectivity index (χ2n) is 6.26. The molecule has 3 N–H and O–H groups in total. The van der Waals surface area contributed by atoms with Crippen LogP contribution in [0.3, 0.4) is 0 Å². The van der Waals surface area contributed by atoms with Gasteiger partial charge in [0.05, 0.1) is 12.1 Å². The van der Waals surface area contributed by atoms with Gasteiger partial charge in [-0.1, -0.05) is 20.8 Å². The van der Waals surface area contributed by atoms with Crippen LogP contribution >= 0.6 is 12.4 Å². The lowest BCUT2D eigenvalue weighted by molar-refractivity contribution is -0.124. The van der Waals surface area contributed by atoms with Gasteiger partial charge in [0.1, 0.15) is 5.54 Å². The van der Waals surface area contributed by atoms with Gasteiger partial charge >= 0.3 is 0 Å². The molecule has 1 saturated carbocycles. The first-order valence-corrected chi connectivity index (χ1v) is 6.27. The molecule has 0 bridgehead atoms. The van der Waals surface area contributed by atoms with Crippen LogP contribution in [-0.4, -0.2) is 17.5 Å². The SMILES string of the molecule is CC(C)(C)CC(N)C(=O)NC1(C#N)CCCC1.Cl. The molecule has 0 spiro atoms. The number of carbonyl (C=O) groups excluding carboxylic acids is 1. The Morgan fingerprint density at radius 3 is 2.33 bits per heavy atom. The zero-order valence-corrected chi connectivity index (χ0v) is 12.3. The first-order valence-electron chi connectivity index (χ1n) is 6.27. The minimum Gasteiger partial charge on any atom is -0.336 e. The smallest absolute Gasteiger partial charge is 0.238 e. The Morgan fingerprint density at radius 2 is 1.94 bits per heavy atom. The third kappa shape index (κ3) is 4.83. The fourth-order valence-corrected chi connectivity index (χ4v) is 2.32. The number of carbonyl (C=O) groups is 1. The van der Waals surface area contributed by atoms with Gasteiger partial charge in [-0.3, -0.25) is 4.79 Å². The maximum Gasteiger partial charge on any atom is 0.238 e. The first-order chi connectivity index (χ1) is 7.78. The maximum atomic E-state index is 12.0. The molecule has 1 rings (SSSR count). The molecule has 0 heterocycles. The summed E-state index contributed by atoms with van der Waals surface area (Å²) in [4.78, 5) is 12.0. The zero-order valence-electron chi connectivity index (χ0n) is 11.5. The molecule has 0 aliphatic heterocycles. The van der Waals surface area contributed by atoms with Crippen LogP contribution in [0, 0.1) is 16.7 Å². The van der Waals surface area contributed by atoms with Crippen molar-refractivity contribution in [3.63, 3.8) is 0 Å². The third-order valence-corrected chi connectivity index (χ3v) is 3.20. The quantitative estimate of drug-likeness (QED) is 0.827. The fourth-order valence-electron chi connectivity index (χ4n) is 2.32. The molecule has 1 amide bonds. The summed E-state index contributed by atoms with van der Waals surface area (Å²) >= 11 is 0. The molecule has 1 aliphatic carbocycles. The highest BCUT2D eigenvalue weighted by atomic mass is 35.5. The van der Waals surface area contributed by atoms with Crippen LogP contribution in [0.2, 0.25) is 0 Å². The Hall–Kier alpha value is -0.790. The number of nitrogens with zero attached hydrogens (tertiary/aromatic N) is 1. The molecule has 5 heteroatoms. The number of rotatable bonds is 3. The van der Waals surface area contributed by atoms with Crippen molar-refractivity contribution in [3.8, 4) is 6.07 Å². The average molecular weight is 274 g/mol. The Balaban J connectivity index is 0.00000289. The van der Waals surface area contributed by atoms with Gasteiger partial charge in [0.25, 0.3) is 0 Å². The molecule has 1 aliphatic rings. The van der Waals surface area contributed by atoms with E-state index in [1.807, 2.05) is 0 Å². The van der Waals surface area contributed by atoms with Gasteiger partial charge in [-0.05, 0) is 37.5 Å². The summed E-state index contributed by atoms with van der Waals surface area (Å²) in [7, 11) is 0. The van der Waals surface area contributed by atoms with E-state index in [1.54, 1.807) is 0 Å². The van der Waals surface area contributed by atoms with Crippen molar-refractivity contribution < 1.29 is 4.79 Å².